The van der Waals surface area contributed by atoms with E-state index in [1.54, 1.807) is 0 Å². The molecule has 0 aromatic heterocycles. The molecule has 0 spiro atoms. The second-order valence-corrected chi connectivity index (χ2v) is 4.37. The van der Waals surface area contributed by atoms with E-state index < -0.39 is 17.7 Å². The van der Waals surface area contributed by atoms with Gasteiger partial charge in [-0.15, -0.1) is 0 Å². The van der Waals surface area contributed by atoms with E-state index in [1.807, 2.05) is 0 Å². The average molecular weight is 294 g/mol. The van der Waals surface area contributed by atoms with Crippen molar-refractivity contribution in [3.05, 3.63) is 64.4 Å². The van der Waals surface area contributed by atoms with Crippen LogP contribution in [0.3, 0.4) is 0 Å². The summed E-state index contributed by atoms with van der Waals surface area (Å²) in [6.07, 6.45) is 0. The Labute approximate surface area is 118 Å². The van der Waals surface area contributed by atoms with Gasteiger partial charge in [0, 0.05) is 11.3 Å². The van der Waals surface area contributed by atoms with Crippen LogP contribution in [0, 0.1) is 5.82 Å². The summed E-state index contributed by atoms with van der Waals surface area (Å²) in [5.74, 6) is -2.18. The summed E-state index contributed by atoms with van der Waals surface area (Å²) in [7, 11) is 0. The number of anilines is 1. The Hall–Kier alpha value is -2.40. The minimum atomic E-state index is -1.15. The van der Waals surface area contributed by atoms with Crippen LogP contribution < -0.4 is 5.32 Å². The summed E-state index contributed by atoms with van der Waals surface area (Å²) in [5, 5.41) is 11.4. The molecule has 0 atom stereocenters. The molecular weight excluding hydrogens is 285 g/mol. The first-order valence-corrected chi connectivity index (χ1v) is 5.95. The van der Waals surface area contributed by atoms with Crippen molar-refractivity contribution in [2.75, 3.05) is 5.32 Å². The van der Waals surface area contributed by atoms with Crippen LogP contribution in [0.2, 0.25) is 5.02 Å². The third-order valence-electron chi connectivity index (χ3n) is 2.54. The first-order valence-electron chi connectivity index (χ1n) is 5.57. The summed E-state index contributed by atoms with van der Waals surface area (Å²) in [4.78, 5) is 22.7. The van der Waals surface area contributed by atoms with E-state index in [9.17, 15) is 14.0 Å². The molecule has 102 valence electrons. The molecule has 1 amide bonds. The van der Waals surface area contributed by atoms with Crippen LogP contribution in [0.5, 0.6) is 0 Å². The van der Waals surface area contributed by atoms with Gasteiger partial charge in [-0.05, 0) is 36.4 Å². The molecule has 6 heteroatoms. The number of rotatable bonds is 3. The zero-order valence-corrected chi connectivity index (χ0v) is 10.8. The van der Waals surface area contributed by atoms with Gasteiger partial charge in [0.25, 0.3) is 5.91 Å². The van der Waals surface area contributed by atoms with Gasteiger partial charge < -0.3 is 10.4 Å². The van der Waals surface area contributed by atoms with Gasteiger partial charge in [0.15, 0.2) is 0 Å². The molecule has 4 nitrogen and oxygen atoms in total. The molecular formula is C14H9ClFNO3. The summed E-state index contributed by atoms with van der Waals surface area (Å²) in [5.41, 5.74) is 0.424. The SMILES string of the molecule is O=C(Nc1ccc(C(=O)O)c(Cl)c1)c1cccc(F)c1. The van der Waals surface area contributed by atoms with Crippen LogP contribution in [0.4, 0.5) is 10.1 Å². The maximum absolute atomic E-state index is 13.0. The third-order valence-corrected chi connectivity index (χ3v) is 2.86. The van der Waals surface area contributed by atoms with Crippen LogP contribution in [0.1, 0.15) is 20.7 Å². The number of carboxylic acids is 1. The number of amides is 1. The van der Waals surface area contributed by atoms with Crippen molar-refractivity contribution < 1.29 is 19.1 Å². The second-order valence-electron chi connectivity index (χ2n) is 3.96. The molecule has 0 aliphatic carbocycles. The van der Waals surface area contributed by atoms with E-state index in [0.29, 0.717) is 5.69 Å². The number of carbonyl (C=O) groups is 2. The van der Waals surface area contributed by atoms with E-state index in [1.165, 1.54) is 36.4 Å². The minimum Gasteiger partial charge on any atom is -0.478 e. The maximum atomic E-state index is 13.0. The maximum Gasteiger partial charge on any atom is 0.337 e. The van der Waals surface area contributed by atoms with Gasteiger partial charge in [-0.2, -0.15) is 0 Å². The van der Waals surface area contributed by atoms with Crippen molar-refractivity contribution in [3.8, 4) is 0 Å². The lowest BCUT2D eigenvalue weighted by atomic mass is 10.2. The predicted octanol–water partition coefficient (Wildman–Crippen LogP) is 3.43. The Morgan fingerprint density at radius 2 is 1.90 bits per heavy atom. The molecule has 0 saturated carbocycles. The second kappa shape index (κ2) is 5.71. The summed E-state index contributed by atoms with van der Waals surface area (Å²) < 4.78 is 13.0. The molecule has 0 heterocycles. The summed E-state index contributed by atoms with van der Waals surface area (Å²) >= 11 is 5.79. The lowest BCUT2D eigenvalue weighted by Gasteiger charge is -2.07. The summed E-state index contributed by atoms with van der Waals surface area (Å²) in [6.45, 7) is 0. The molecule has 0 saturated heterocycles. The zero-order chi connectivity index (χ0) is 14.7. The topological polar surface area (TPSA) is 66.4 Å². The standard InChI is InChI=1S/C14H9ClFNO3/c15-12-7-10(4-5-11(12)14(19)20)17-13(18)8-2-1-3-9(16)6-8/h1-7H,(H,17,18)(H,19,20). The van der Waals surface area contributed by atoms with Gasteiger partial charge in [-0.25, -0.2) is 9.18 Å². The number of carboxylic acid groups (broad SMARTS) is 1. The number of aromatic carboxylic acids is 1. The number of benzene rings is 2. The van der Waals surface area contributed by atoms with E-state index in [0.717, 1.165) is 6.07 Å². The molecule has 0 aliphatic heterocycles. The van der Waals surface area contributed by atoms with Crippen LogP contribution in [-0.2, 0) is 0 Å². The number of hydrogen-bond acceptors (Lipinski definition) is 2. The minimum absolute atomic E-state index is 0.00884. The van der Waals surface area contributed by atoms with Gasteiger partial charge >= 0.3 is 5.97 Å². The Kier molecular flexibility index (Phi) is 4.00. The molecule has 20 heavy (non-hydrogen) atoms. The van der Waals surface area contributed by atoms with Crippen molar-refractivity contribution in [3.63, 3.8) is 0 Å². The van der Waals surface area contributed by atoms with E-state index in [2.05, 4.69) is 5.32 Å². The number of nitrogens with one attached hydrogen (secondary N) is 1. The van der Waals surface area contributed by atoms with Crippen LogP contribution in [-0.4, -0.2) is 17.0 Å². The van der Waals surface area contributed by atoms with E-state index in [4.69, 9.17) is 16.7 Å². The highest BCUT2D eigenvalue weighted by molar-refractivity contribution is 6.33. The smallest absolute Gasteiger partial charge is 0.337 e. The highest BCUT2D eigenvalue weighted by Crippen LogP contribution is 2.21. The first-order chi connectivity index (χ1) is 9.47. The molecule has 2 N–H and O–H groups in total. The normalized spacial score (nSPS) is 10.1. The van der Waals surface area contributed by atoms with E-state index >= 15 is 0 Å². The largest absolute Gasteiger partial charge is 0.478 e. The summed E-state index contributed by atoms with van der Waals surface area (Å²) in [6, 6.07) is 9.23. The highest BCUT2D eigenvalue weighted by atomic mass is 35.5. The van der Waals surface area contributed by atoms with Crippen molar-refractivity contribution in [1.82, 2.24) is 0 Å². The fourth-order valence-corrected chi connectivity index (χ4v) is 1.86. The molecule has 0 radical (unpaired) electrons. The van der Waals surface area contributed by atoms with Gasteiger partial charge in [0.2, 0.25) is 0 Å². The Bertz CT molecular complexity index is 688. The zero-order valence-electron chi connectivity index (χ0n) is 10.1. The Balaban J connectivity index is 2.20. The van der Waals surface area contributed by atoms with Gasteiger partial charge in [-0.3, -0.25) is 4.79 Å². The lowest BCUT2D eigenvalue weighted by Crippen LogP contribution is -2.12. The fraction of sp³-hybridized carbons (Fsp3) is 0. The predicted molar refractivity (Wildman–Crippen MR) is 72.8 cm³/mol. The first kappa shape index (κ1) is 14.0. The monoisotopic (exact) mass is 293 g/mol. The highest BCUT2D eigenvalue weighted by Gasteiger charge is 2.11. The van der Waals surface area contributed by atoms with Gasteiger partial charge in [0.05, 0.1) is 10.6 Å². The number of carbonyl (C=O) groups excluding carboxylic acids is 1. The fourth-order valence-electron chi connectivity index (χ4n) is 1.60. The van der Waals surface area contributed by atoms with Crippen molar-refractivity contribution in [2.24, 2.45) is 0 Å². The van der Waals surface area contributed by atoms with Crippen LogP contribution in [0.15, 0.2) is 42.5 Å². The molecule has 0 fully saturated rings. The number of hydrogen-bond donors (Lipinski definition) is 2. The number of halogens is 2. The molecule has 0 aliphatic rings. The third kappa shape index (κ3) is 3.13. The lowest BCUT2D eigenvalue weighted by molar-refractivity contribution is 0.0697. The molecule has 0 bridgehead atoms. The van der Waals surface area contributed by atoms with Crippen LogP contribution in [0.25, 0.3) is 0 Å². The van der Waals surface area contributed by atoms with E-state index in [-0.39, 0.29) is 16.1 Å². The van der Waals surface area contributed by atoms with Crippen molar-refractivity contribution >= 4 is 29.2 Å². The molecule has 2 aromatic carbocycles. The van der Waals surface area contributed by atoms with Gasteiger partial charge in [0.1, 0.15) is 5.82 Å². The Morgan fingerprint density at radius 3 is 2.50 bits per heavy atom. The van der Waals surface area contributed by atoms with Gasteiger partial charge in [-0.1, -0.05) is 17.7 Å². The average Bonchev–Trinajstić information content (AvgIpc) is 2.38. The molecule has 2 rings (SSSR count). The Morgan fingerprint density at radius 1 is 1.15 bits per heavy atom. The van der Waals surface area contributed by atoms with Crippen molar-refractivity contribution in [2.45, 2.75) is 0 Å². The molecule has 0 unspecified atom stereocenters. The van der Waals surface area contributed by atoms with Crippen molar-refractivity contribution in [1.29, 1.82) is 0 Å². The quantitative estimate of drug-likeness (QED) is 0.911. The van der Waals surface area contributed by atoms with Crippen LogP contribution >= 0.6 is 11.6 Å². The molecule has 2 aromatic rings.